The lowest BCUT2D eigenvalue weighted by atomic mass is 10.1. The fourth-order valence-corrected chi connectivity index (χ4v) is 3.25. The summed E-state index contributed by atoms with van der Waals surface area (Å²) in [7, 11) is 1.49. The predicted octanol–water partition coefficient (Wildman–Crippen LogP) is 3.07. The van der Waals surface area contributed by atoms with Gasteiger partial charge in [-0.2, -0.15) is 0 Å². The van der Waals surface area contributed by atoms with Crippen LogP contribution in [0.3, 0.4) is 0 Å². The van der Waals surface area contributed by atoms with Gasteiger partial charge in [0.2, 0.25) is 5.91 Å². The summed E-state index contributed by atoms with van der Waals surface area (Å²) in [5.74, 6) is -2.41. The number of nitrogens with zero attached hydrogens (tertiary/aromatic N) is 1. The number of hydrogen-bond donors (Lipinski definition) is 1. The zero-order chi connectivity index (χ0) is 21.8. The Bertz CT molecular complexity index is 978. The molecule has 1 fully saturated rings. The third-order valence-corrected chi connectivity index (χ3v) is 4.88. The van der Waals surface area contributed by atoms with Gasteiger partial charge in [-0.15, -0.1) is 0 Å². The van der Waals surface area contributed by atoms with Crippen molar-refractivity contribution in [1.82, 2.24) is 0 Å². The van der Waals surface area contributed by atoms with Crippen molar-refractivity contribution in [2.24, 2.45) is 5.92 Å². The smallest absolute Gasteiger partial charge is 0.312 e. The van der Waals surface area contributed by atoms with Crippen LogP contribution >= 0.6 is 0 Å². The first-order chi connectivity index (χ1) is 14.3. The molecule has 0 aromatic heterocycles. The number of amides is 2. The molecule has 7 nitrogen and oxygen atoms in total. The van der Waals surface area contributed by atoms with Crippen molar-refractivity contribution < 1.29 is 28.2 Å². The molecule has 1 N–H and O–H groups in total. The average molecular weight is 414 g/mol. The molecule has 0 aliphatic carbocycles. The van der Waals surface area contributed by atoms with E-state index in [9.17, 15) is 18.8 Å². The molecule has 0 bridgehead atoms. The lowest BCUT2D eigenvalue weighted by molar-refractivity contribution is -0.157. The molecule has 8 heteroatoms. The topological polar surface area (TPSA) is 84.9 Å². The van der Waals surface area contributed by atoms with Gasteiger partial charge in [0.15, 0.2) is 6.10 Å². The van der Waals surface area contributed by atoms with E-state index in [1.807, 2.05) is 13.0 Å². The molecule has 0 spiro atoms. The maximum atomic E-state index is 14.0. The van der Waals surface area contributed by atoms with E-state index in [1.165, 1.54) is 37.1 Å². The molecular weight excluding hydrogens is 391 g/mol. The zero-order valence-corrected chi connectivity index (χ0v) is 17.0. The summed E-state index contributed by atoms with van der Waals surface area (Å²) < 4.78 is 24.5. The van der Waals surface area contributed by atoms with Crippen LogP contribution in [0.5, 0.6) is 5.75 Å². The van der Waals surface area contributed by atoms with Crippen LogP contribution in [0, 0.1) is 18.7 Å². The van der Waals surface area contributed by atoms with E-state index in [4.69, 9.17) is 9.47 Å². The van der Waals surface area contributed by atoms with Crippen LogP contribution in [0.1, 0.15) is 18.9 Å². The van der Waals surface area contributed by atoms with Crippen LogP contribution in [0.15, 0.2) is 42.5 Å². The van der Waals surface area contributed by atoms with Gasteiger partial charge >= 0.3 is 5.97 Å². The summed E-state index contributed by atoms with van der Waals surface area (Å²) in [5, 5.41) is 2.68. The van der Waals surface area contributed by atoms with Gasteiger partial charge in [-0.05, 0) is 43.7 Å². The van der Waals surface area contributed by atoms with E-state index >= 15 is 0 Å². The number of nitrogens with one attached hydrogen (secondary N) is 1. The SMILES string of the molecule is COc1ccc(C)cc1NC(=O)[C@H](C)OC(=O)[C@H]1CC(=O)N(c2ccccc2F)C1. The molecule has 1 aliphatic rings. The number of halogens is 1. The van der Waals surface area contributed by atoms with E-state index in [-0.39, 0.29) is 24.6 Å². The first kappa shape index (κ1) is 21.3. The Kier molecular flexibility index (Phi) is 6.34. The number of esters is 1. The van der Waals surface area contributed by atoms with Crippen molar-refractivity contribution in [1.29, 1.82) is 0 Å². The fraction of sp³-hybridized carbons (Fsp3) is 0.318. The second kappa shape index (κ2) is 8.94. The summed E-state index contributed by atoms with van der Waals surface area (Å²) in [6.07, 6.45) is -1.19. The molecule has 3 rings (SSSR count). The molecule has 2 aromatic rings. The highest BCUT2D eigenvalue weighted by Crippen LogP contribution is 2.29. The van der Waals surface area contributed by atoms with Gasteiger partial charge in [0, 0.05) is 13.0 Å². The number of hydrogen-bond acceptors (Lipinski definition) is 5. The standard InChI is InChI=1S/C22H23FN2O5/c1-13-8-9-19(29-3)17(10-13)24-21(27)14(2)30-22(28)15-11-20(26)25(12-15)18-7-5-4-6-16(18)23/h4-10,14-15H,11-12H2,1-3H3,(H,24,27)/t14-,15-/m0/s1. The highest BCUT2D eigenvalue weighted by atomic mass is 19.1. The van der Waals surface area contributed by atoms with Gasteiger partial charge in [-0.3, -0.25) is 14.4 Å². The minimum atomic E-state index is -1.08. The third-order valence-electron chi connectivity index (χ3n) is 4.88. The first-order valence-electron chi connectivity index (χ1n) is 9.51. The number of ether oxygens (including phenoxy) is 2. The maximum absolute atomic E-state index is 14.0. The van der Waals surface area contributed by atoms with Crippen molar-refractivity contribution in [3.05, 3.63) is 53.8 Å². The van der Waals surface area contributed by atoms with E-state index in [0.29, 0.717) is 11.4 Å². The molecule has 1 aliphatic heterocycles. The van der Waals surface area contributed by atoms with Crippen LogP contribution in [-0.2, 0) is 19.1 Å². The normalized spacial score (nSPS) is 16.9. The predicted molar refractivity (Wildman–Crippen MR) is 109 cm³/mol. The molecule has 0 radical (unpaired) electrons. The number of aryl methyl sites for hydroxylation is 1. The quantitative estimate of drug-likeness (QED) is 0.735. The fourth-order valence-electron chi connectivity index (χ4n) is 3.25. The number of methoxy groups -OCH3 is 1. The molecular formula is C22H23FN2O5. The minimum Gasteiger partial charge on any atom is -0.495 e. The Morgan fingerprint density at radius 1 is 1.23 bits per heavy atom. The van der Waals surface area contributed by atoms with Crippen LogP contribution in [0.4, 0.5) is 15.8 Å². The summed E-state index contributed by atoms with van der Waals surface area (Å²) >= 11 is 0. The number of anilines is 2. The molecule has 2 aromatic carbocycles. The molecule has 1 saturated heterocycles. The number of carbonyl (C=O) groups is 3. The molecule has 0 saturated carbocycles. The second-order valence-electron chi connectivity index (χ2n) is 7.13. The molecule has 0 unspecified atom stereocenters. The Morgan fingerprint density at radius 3 is 2.67 bits per heavy atom. The third kappa shape index (κ3) is 4.59. The van der Waals surface area contributed by atoms with E-state index < -0.39 is 29.7 Å². The van der Waals surface area contributed by atoms with E-state index in [2.05, 4.69) is 5.32 Å². The van der Waals surface area contributed by atoms with Crippen LogP contribution in [0.2, 0.25) is 0 Å². The zero-order valence-electron chi connectivity index (χ0n) is 17.0. The lowest BCUT2D eigenvalue weighted by Crippen LogP contribution is -2.33. The highest BCUT2D eigenvalue weighted by molar-refractivity contribution is 6.00. The summed E-state index contributed by atoms with van der Waals surface area (Å²) in [4.78, 5) is 38.5. The average Bonchev–Trinajstić information content (AvgIpc) is 3.10. The van der Waals surface area contributed by atoms with Crippen molar-refractivity contribution in [2.75, 3.05) is 23.9 Å². The second-order valence-corrected chi connectivity index (χ2v) is 7.13. The maximum Gasteiger partial charge on any atom is 0.312 e. The number of carbonyl (C=O) groups excluding carboxylic acids is 3. The summed E-state index contributed by atoms with van der Waals surface area (Å²) in [5.41, 5.74) is 1.51. The van der Waals surface area contributed by atoms with Crippen molar-refractivity contribution in [3.8, 4) is 5.75 Å². The minimum absolute atomic E-state index is 0.00135. The molecule has 1 heterocycles. The lowest BCUT2D eigenvalue weighted by Gasteiger charge is -2.19. The van der Waals surface area contributed by atoms with Crippen LogP contribution < -0.4 is 15.0 Å². The van der Waals surface area contributed by atoms with Crippen LogP contribution in [-0.4, -0.2) is 37.5 Å². The summed E-state index contributed by atoms with van der Waals surface area (Å²) in [6.45, 7) is 3.32. The summed E-state index contributed by atoms with van der Waals surface area (Å²) in [6, 6.07) is 11.2. The first-order valence-corrected chi connectivity index (χ1v) is 9.51. The molecule has 2 atom stereocenters. The van der Waals surface area contributed by atoms with E-state index in [1.54, 1.807) is 18.2 Å². The number of benzene rings is 2. The van der Waals surface area contributed by atoms with Gasteiger partial charge in [0.25, 0.3) is 5.91 Å². The van der Waals surface area contributed by atoms with Crippen molar-refractivity contribution >= 4 is 29.2 Å². The van der Waals surface area contributed by atoms with Gasteiger partial charge in [0.05, 0.1) is 24.4 Å². The van der Waals surface area contributed by atoms with Gasteiger partial charge in [-0.25, -0.2) is 4.39 Å². The Balaban J connectivity index is 1.62. The Morgan fingerprint density at radius 2 is 1.97 bits per heavy atom. The van der Waals surface area contributed by atoms with Crippen molar-refractivity contribution in [3.63, 3.8) is 0 Å². The number of para-hydroxylation sites is 1. The Hall–Kier alpha value is -3.42. The number of rotatable bonds is 6. The van der Waals surface area contributed by atoms with Gasteiger partial charge in [-0.1, -0.05) is 18.2 Å². The molecule has 2 amide bonds. The van der Waals surface area contributed by atoms with Crippen molar-refractivity contribution in [2.45, 2.75) is 26.4 Å². The van der Waals surface area contributed by atoms with Gasteiger partial charge in [0.1, 0.15) is 11.6 Å². The largest absolute Gasteiger partial charge is 0.495 e. The van der Waals surface area contributed by atoms with Crippen LogP contribution in [0.25, 0.3) is 0 Å². The molecule has 158 valence electrons. The molecule has 30 heavy (non-hydrogen) atoms. The van der Waals surface area contributed by atoms with E-state index in [0.717, 1.165) is 5.56 Å². The Labute approximate surface area is 173 Å². The van der Waals surface area contributed by atoms with Gasteiger partial charge < -0.3 is 19.7 Å². The highest BCUT2D eigenvalue weighted by Gasteiger charge is 2.38. The monoisotopic (exact) mass is 414 g/mol.